The van der Waals surface area contributed by atoms with Gasteiger partial charge in [0.2, 0.25) is 0 Å². The Balaban J connectivity index is 1.86. The van der Waals surface area contributed by atoms with Gasteiger partial charge in [0.15, 0.2) is 0 Å². The van der Waals surface area contributed by atoms with E-state index in [1.54, 1.807) is 0 Å². The third-order valence-electron chi connectivity index (χ3n) is 2.57. The molecule has 0 aromatic carbocycles. The molecule has 2 heterocycles. The fourth-order valence-electron chi connectivity index (χ4n) is 1.79. The third-order valence-corrected chi connectivity index (χ3v) is 3.51. The van der Waals surface area contributed by atoms with E-state index in [4.69, 9.17) is 4.42 Å². The summed E-state index contributed by atoms with van der Waals surface area (Å²) in [6.07, 6.45) is 1.85. The first-order chi connectivity index (χ1) is 7.38. The van der Waals surface area contributed by atoms with Crippen molar-refractivity contribution in [1.29, 1.82) is 0 Å². The van der Waals surface area contributed by atoms with Crippen molar-refractivity contribution in [3.05, 3.63) is 23.7 Å². The molecule has 2 rings (SSSR count). The second-order valence-corrected chi connectivity index (χ2v) is 5.06. The van der Waals surface area contributed by atoms with E-state index in [0.717, 1.165) is 18.8 Å². The predicted octanol–water partition coefficient (Wildman–Crippen LogP) is 1.55. The molecule has 0 radical (unpaired) electrons. The van der Waals surface area contributed by atoms with Gasteiger partial charge in [-0.3, -0.25) is 4.90 Å². The molecule has 0 bridgehead atoms. The van der Waals surface area contributed by atoms with Crippen LogP contribution in [0.1, 0.15) is 11.3 Å². The molecule has 15 heavy (non-hydrogen) atoms. The van der Waals surface area contributed by atoms with Gasteiger partial charge in [-0.15, -0.1) is 0 Å². The average molecular weight is 226 g/mol. The summed E-state index contributed by atoms with van der Waals surface area (Å²) in [6, 6.07) is 2.15. The lowest BCUT2D eigenvalue weighted by Crippen LogP contribution is -2.31. The lowest BCUT2D eigenvalue weighted by Gasteiger charge is -2.24. The number of furan rings is 1. The van der Waals surface area contributed by atoms with Crippen LogP contribution in [0.2, 0.25) is 0 Å². The number of nitrogens with zero attached hydrogens (tertiary/aromatic N) is 1. The van der Waals surface area contributed by atoms with Gasteiger partial charge in [-0.1, -0.05) is 0 Å². The van der Waals surface area contributed by atoms with Crippen molar-refractivity contribution in [2.24, 2.45) is 0 Å². The SMILES string of the molecule is CNCc1coc(CN2CCSCC2)c1. The molecule has 3 nitrogen and oxygen atoms in total. The standard InChI is InChI=1S/C11H18N2OS/c1-12-7-10-6-11(14-9-10)8-13-2-4-15-5-3-13/h6,9,12H,2-5,7-8H2,1H3. The Kier molecular flexibility index (Phi) is 4.11. The summed E-state index contributed by atoms with van der Waals surface area (Å²) in [6.45, 7) is 4.23. The molecule has 0 atom stereocenters. The van der Waals surface area contributed by atoms with Gasteiger partial charge in [-0.25, -0.2) is 0 Å². The zero-order chi connectivity index (χ0) is 10.5. The molecule has 0 amide bonds. The Morgan fingerprint density at radius 3 is 3.00 bits per heavy atom. The van der Waals surface area contributed by atoms with Gasteiger partial charge in [0.1, 0.15) is 5.76 Å². The molecular formula is C11H18N2OS. The highest BCUT2D eigenvalue weighted by atomic mass is 32.2. The van der Waals surface area contributed by atoms with Crippen LogP contribution in [0.15, 0.2) is 16.7 Å². The van der Waals surface area contributed by atoms with Gasteiger partial charge in [0.05, 0.1) is 12.8 Å². The van der Waals surface area contributed by atoms with Gasteiger partial charge in [-0.05, 0) is 13.1 Å². The van der Waals surface area contributed by atoms with Crippen molar-refractivity contribution in [2.45, 2.75) is 13.1 Å². The van der Waals surface area contributed by atoms with Crippen LogP contribution in [0.25, 0.3) is 0 Å². The molecule has 0 unspecified atom stereocenters. The van der Waals surface area contributed by atoms with Crippen LogP contribution >= 0.6 is 11.8 Å². The van der Waals surface area contributed by atoms with Crippen molar-refractivity contribution in [3.63, 3.8) is 0 Å². The summed E-state index contributed by atoms with van der Waals surface area (Å²) < 4.78 is 5.53. The molecule has 1 N–H and O–H groups in total. The minimum absolute atomic E-state index is 0.888. The summed E-state index contributed by atoms with van der Waals surface area (Å²) in [7, 11) is 1.95. The highest BCUT2D eigenvalue weighted by Gasteiger charge is 2.12. The lowest BCUT2D eigenvalue weighted by molar-refractivity contribution is 0.268. The zero-order valence-corrected chi connectivity index (χ0v) is 9.98. The van der Waals surface area contributed by atoms with E-state index in [0.29, 0.717) is 0 Å². The predicted molar refractivity (Wildman–Crippen MR) is 64.1 cm³/mol. The molecule has 0 spiro atoms. The Morgan fingerprint density at radius 2 is 2.27 bits per heavy atom. The second kappa shape index (κ2) is 5.58. The van der Waals surface area contributed by atoms with E-state index in [2.05, 4.69) is 16.3 Å². The molecule has 0 aliphatic carbocycles. The van der Waals surface area contributed by atoms with E-state index in [1.807, 2.05) is 25.1 Å². The molecule has 1 saturated heterocycles. The van der Waals surface area contributed by atoms with Crippen molar-refractivity contribution in [2.75, 3.05) is 31.6 Å². The molecule has 1 aromatic heterocycles. The smallest absolute Gasteiger partial charge is 0.118 e. The molecule has 1 aromatic rings. The highest BCUT2D eigenvalue weighted by Crippen LogP contribution is 2.14. The van der Waals surface area contributed by atoms with Crippen LogP contribution in [0, 0.1) is 0 Å². The fourth-order valence-corrected chi connectivity index (χ4v) is 2.76. The number of hydrogen-bond acceptors (Lipinski definition) is 4. The fraction of sp³-hybridized carbons (Fsp3) is 0.636. The molecule has 1 aliphatic rings. The van der Waals surface area contributed by atoms with Crippen LogP contribution in [0.5, 0.6) is 0 Å². The van der Waals surface area contributed by atoms with Crippen LogP contribution in [-0.2, 0) is 13.1 Å². The zero-order valence-electron chi connectivity index (χ0n) is 9.16. The Bertz CT molecular complexity index is 295. The third kappa shape index (κ3) is 3.26. The van der Waals surface area contributed by atoms with Crippen LogP contribution < -0.4 is 5.32 Å². The number of hydrogen-bond donors (Lipinski definition) is 1. The molecule has 0 saturated carbocycles. The minimum Gasteiger partial charge on any atom is -0.468 e. The maximum absolute atomic E-state index is 5.53. The van der Waals surface area contributed by atoms with Crippen molar-refractivity contribution in [3.8, 4) is 0 Å². The Morgan fingerprint density at radius 1 is 1.47 bits per heavy atom. The van der Waals surface area contributed by atoms with Crippen LogP contribution in [0.3, 0.4) is 0 Å². The summed E-state index contributed by atoms with van der Waals surface area (Å²) >= 11 is 2.04. The molecular weight excluding hydrogens is 208 g/mol. The number of rotatable bonds is 4. The summed E-state index contributed by atoms with van der Waals surface area (Å²) in [5.41, 5.74) is 1.24. The largest absolute Gasteiger partial charge is 0.468 e. The Hall–Kier alpha value is -0.450. The highest BCUT2D eigenvalue weighted by molar-refractivity contribution is 7.99. The first-order valence-electron chi connectivity index (χ1n) is 5.39. The van der Waals surface area contributed by atoms with Crippen LogP contribution in [0.4, 0.5) is 0 Å². The molecule has 4 heteroatoms. The lowest BCUT2D eigenvalue weighted by atomic mass is 10.3. The maximum Gasteiger partial charge on any atom is 0.118 e. The Labute approximate surface area is 95.2 Å². The van der Waals surface area contributed by atoms with Gasteiger partial charge in [-0.2, -0.15) is 11.8 Å². The van der Waals surface area contributed by atoms with Crippen LogP contribution in [-0.4, -0.2) is 36.5 Å². The molecule has 1 aliphatic heterocycles. The molecule has 1 fully saturated rings. The summed E-state index contributed by atoms with van der Waals surface area (Å²) in [4.78, 5) is 2.46. The van der Waals surface area contributed by atoms with E-state index in [1.165, 1.54) is 30.2 Å². The van der Waals surface area contributed by atoms with Crippen molar-refractivity contribution in [1.82, 2.24) is 10.2 Å². The monoisotopic (exact) mass is 226 g/mol. The van der Waals surface area contributed by atoms with E-state index < -0.39 is 0 Å². The van der Waals surface area contributed by atoms with Gasteiger partial charge >= 0.3 is 0 Å². The normalized spacial score (nSPS) is 18.2. The van der Waals surface area contributed by atoms with Gasteiger partial charge in [0, 0.05) is 36.7 Å². The van der Waals surface area contributed by atoms with Crippen molar-refractivity contribution < 1.29 is 4.42 Å². The quantitative estimate of drug-likeness (QED) is 0.843. The van der Waals surface area contributed by atoms with Gasteiger partial charge in [0.25, 0.3) is 0 Å². The maximum atomic E-state index is 5.53. The van der Waals surface area contributed by atoms with Gasteiger partial charge < -0.3 is 9.73 Å². The minimum atomic E-state index is 0.888. The summed E-state index contributed by atoms with van der Waals surface area (Å²) in [5.74, 6) is 3.60. The van der Waals surface area contributed by atoms with Crippen molar-refractivity contribution >= 4 is 11.8 Å². The second-order valence-electron chi connectivity index (χ2n) is 3.84. The first-order valence-corrected chi connectivity index (χ1v) is 6.55. The van der Waals surface area contributed by atoms with E-state index in [-0.39, 0.29) is 0 Å². The topological polar surface area (TPSA) is 28.4 Å². The number of nitrogens with one attached hydrogen (secondary N) is 1. The van der Waals surface area contributed by atoms with E-state index >= 15 is 0 Å². The summed E-state index contributed by atoms with van der Waals surface area (Å²) in [5, 5.41) is 3.12. The van der Waals surface area contributed by atoms with E-state index in [9.17, 15) is 0 Å². The average Bonchev–Trinajstić information content (AvgIpc) is 2.68. The first kappa shape index (κ1) is 11.0. The molecule has 84 valence electrons. The number of thioether (sulfide) groups is 1.